The third-order valence-electron chi connectivity index (χ3n) is 3.21. The van der Waals surface area contributed by atoms with Gasteiger partial charge < -0.3 is 10.1 Å². The molecule has 0 saturated heterocycles. The second-order valence-corrected chi connectivity index (χ2v) is 6.01. The second kappa shape index (κ2) is 5.24. The highest BCUT2D eigenvalue weighted by Gasteiger charge is 2.18. The Balaban J connectivity index is 1.65. The number of thiazole rings is 1. The normalized spacial score (nSPS) is 13.7. The summed E-state index contributed by atoms with van der Waals surface area (Å²) in [6.07, 6.45) is 0.924. The lowest BCUT2D eigenvalue weighted by molar-refractivity contribution is 0.0945. The molecule has 1 aliphatic rings. The van der Waals surface area contributed by atoms with Crippen LogP contribution in [-0.4, -0.2) is 27.3 Å². The number of rotatable bonds is 3. The topological polar surface area (TPSA) is 69.0 Å². The molecule has 0 aliphatic carbocycles. The summed E-state index contributed by atoms with van der Waals surface area (Å²) in [5.74, 6) is 0.475. The highest BCUT2D eigenvalue weighted by Crippen LogP contribution is 2.19. The zero-order valence-corrected chi connectivity index (χ0v) is 12.3. The van der Waals surface area contributed by atoms with Crippen molar-refractivity contribution in [3.63, 3.8) is 0 Å². The number of nitrogens with one attached hydrogen (secondary N) is 1. The molecule has 106 valence electrons. The number of fused-ring (bicyclic) bond motifs is 1. The number of hydrogen-bond donors (Lipinski definition) is 1. The Labute approximate surface area is 120 Å². The van der Waals surface area contributed by atoms with E-state index in [4.69, 9.17) is 4.74 Å². The summed E-state index contributed by atoms with van der Waals surface area (Å²) in [6.45, 7) is 5.91. The molecule has 7 heteroatoms. The molecule has 6 nitrogen and oxygen atoms in total. The van der Waals surface area contributed by atoms with Crippen molar-refractivity contribution in [2.45, 2.75) is 33.4 Å². The van der Waals surface area contributed by atoms with E-state index in [1.54, 1.807) is 22.1 Å². The first-order valence-corrected chi connectivity index (χ1v) is 7.37. The predicted octanol–water partition coefficient (Wildman–Crippen LogP) is 1.67. The minimum absolute atomic E-state index is 0.194. The number of amides is 1. The molecule has 0 bridgehead atoms. The molecular formula is C13H16N4O2S. The molecule has 3 heterocycles. The molecule has 2 aromatic heterocycles. The molecule has 0 spiro atoms. The Morgan fingerprint density at radius 2 is 2.40 bits per heavy atom. The molecule has 1 N–H and O–H groups in total. The third-order valence-corrected chi connectivity index (χ3v) is 4.29. The van der Waals surface area contributed by atoms with E-state index in [-0.39, 0.29) is 5.91 Å². The van der Waals surface area contributed by atoms with E-state index in [0.29, 0.717) is 24.7 Å². The predicted molar refractivity (Wildman–Crippen MR) is 75.1 cm³/mol. The molecule has 1 amide bonds. The van der Waals surface area contributed by atoms with Crippen LogP contribution in [0.5, 0.6) is 5.88 Å². The van der Waals surface area contributed by atoms with Crippen LogP contribution in [0, 0.1) is 13.8 Å². The molecule has 0 radical (unpaired) electrons. The number of carbonyl (C=O) groups excluding carboxylic acids is 1. The third kappa shape index (κ3) is 2.53. The lowest BCUT2D eigenvalue weighted by Crippen LogP contribution is -2.23. The fourth-order valence-corrected chi connectivity index (χ4v) is 2.91. The van der Waals surface area contributed by atoms with Crippen LogP contribution >= 0.6 is 11.3 Å². The van der Waals surface area contributed by atoms with E-state index in [1.807, 2.05) is 13.8 Å². The van der Waals surface area contributed by atoms with Crippen molar-refractivity contribution in [2.24, 2.45) is 0 Å². The first-order chi connectivity index (χ1) is 9.63. The first-order valence-electron chi connectivity index (χ1n) is 6.55. The summed E-state index contributed by atoms with van der Waals surface area (Å²) < 4.78 is 7.18. The molecule has 3 rings (SSSR count). The monoisotopic (exact) mass is 292 g/mol. The zero-order chi connectivity index (χ0) is 14.1. The van der Waals surface area contributed by atoms with Gasteiger partial charge in [0, 0.05) is 23.9 Å². The van der Waals surface area contributed by atoms with Gasteiger partial charge in [-0.15, -0.1) is 11.3 Å². The average molecular weight is 292 g/mol. The lowest BCUT2D eigenvalue weighted by Gasteiger charge is -2.13. The van der Waals surface area contributed by atoms with E-state index in [9.17, 15) is 4.79 Å². The van der Waals surface area contributed by atoms with E-state index in [2.05, 4.69) is 15.4 Å². The molecule has 0 aromatic carbocycles. The Morgan fingerprint density at radius 3 is 3.10 bits per heavy atom. The quantitative estimate of drug-likeness (QED) is 0.934. The molecule has 0 fully saturated rings. The van der Waals surface area contributed by atoms with Crippen molar-refractivity contribution in [2.75, 3.05) is 6.61 Å². The summed E-state index contributed by atoms with van der Waals surface area (Å²) in [5.41, 5.74) is 1.41. The molecule has 0 atom stereocenters. The summed E-state index contributed by atoms with van der Waals surface area (Å²) in [5, 5.41) is 8.00. The number of hydrogen-bond acceptors (Lipinski definition) is 5. The second-order valence-electron chi connectivity index (χ2n) is 4.72. The molecule has 1 aliphatic heterocycles. The van der Waals surface area contributed by atoms with Gasteiger partial charge in [-0.1, -0.05) is 0 Å². The standard InChI is InChI=1S/C13H16N4O2S/c1-8-9(2)20-11(15-8)7-14-13(18)10-6-12-17(16-10)4-3-5-19-12/h6H,3-5,7H2,1-2H3,(H,14,18). The van der Waals surface area contributed by atoms with Crippen molar-refractivity contribution in [1.82, 2.24) is 20.1 Å². The van der Waals surface area contributed by atoms with Crippen LogP contribution in [-0.2, 0) is 13.1 Å². The largest absolute Gasteiger partial charge is 0.478 e. The molecule has 0 unspecified atom stereocenters. The van der Waals surface area contributed by atoms with Gasteiger partial charge >= 0.3 is 0 Å². The van der Waals surface area contributed by atoms with Crippen molar-refractivity contribution in [3.8, 4) is 5.88 Å². The molecule has 2 aromatic rings. The molecule has 0 saturated carbocycles. The van der Waals surface area contributed by atoms with Crippen LogP contribution in [0.15, 0.2) is 6.07 Å². The summed E-state index contributed by atoms with van der Waals surface area (Å²) in [6, 6.07) is 1.69. The highest BCUT2D eigenvalue weighted by atomic mass is 32.1. The minimum atomic E-state index is -0.194. The Bertz CT molecular complexity index is 604. The maximum Gasteiger partial charge on any atom is 0.272 e. The van der Waals surface area contributed by atoms with Gasteiger partial charge in [-0.05, 0) is 13.8 Å². The van der Waals surface area contributed by atoms with Crippen molar-refractivity contribution in [3.05, 3.63) is 27.3 Å². The van der Waals surface area contributed by atoms with E-state index in [1.165, 1.54) is 4.88 Å². The smallest absolute Gasteiger partial charge is 0.272 e. The van der Waals surface area contributed by atoms with Crippen molar-refractivity contribution >= 4 is 17.2 Å². The number of aromatic nitrogens is 3. The van der Waals surface area contributed by atoms with Gasteiger partial charge in [-0.25, -0.2) is 9.67 Å². The molecule has 20 heavy (non-hydrogen) atoms. The van der Waals surface area contributed by atoms with E-state index >= 15 is 0 Å². The fourth-order valence-electron chi connectivity index (χ4n) is 2.04. The number of ether oxygens (including phenoxy) is 1. The van der Waals surface area contributed by atoms with Crippen LogP contribution < -0.4 is 10.1 Å². The van der Waals surface area contributed by atoms with Crippen molar-refractivity contribution < 1.29 is 9.53 Å². The van der Waals surface area contributed by atoms with Gasteiger partial charge in [-0.3, -0.25) is 4.79 Å². The Kier molecular flexibility index (Phi) is 3.43. The maximum atomic E-state index is 12.1. The van der Waals surface area contributed by atoms with Gasteiger partial charge in [0.1, 0.15) is 5.01 Å². The lowest BCUT2D eigenvalue weighted by atomic mass is 10.4. The van der Waals surface area contributed by atoms with Crippen LogP contribution in [0.3, 0.4) is 0 Å². The van der Waals surface area contributed by atoms with Crippen LogP contribution in [0.2, 0.25) is 0 Å². The molecular weight excluding hydrogens is 276 g/mol. The highest BCUT2D eigenvalue weighted by molar-refractivity contribution is 7.11. The fraction of sp³-hybridized carbons (Fsp3) is 0.462. The first kappa shape index (κ1) is 13.1. The van der Waals surface area contributed by atoms with Crippen molar-refractivity contribution in [1.29, 1.82) is 0 Å². The maximum absolute atomic E-state index is 12.1. The summed E-state index contributed by atoms with van der Waals surface area (Å²) >= 11 is 1.60. The summed E-state index contributed by atoms with van der Waals surface area (Å²) in [4.78, 5) is 17.6. The zero-order valence-electron chi connectivity index (χ0n) is 11.5. The van der Waals surface area contributed by atoms with Crippen LogP contribution in [0.1, 0.15) is 32.5 Å². The van der Waals surface area contributed by atoms with Gasteiger partial charge in [-0.2, -0.15) is 5.10 Å². The SMILES string of the molecule is Cc1nc(CNC(=O)c2cc3n(n2)CCCO3)sc1C. The Morgan fingerprint density at radius 1 is 1.55 bits per heavy atom. The van der Waals surface area contributed by atoms with Gasteiger partial charge in [0.25, 0.3) is 5.91 Å². The van der Waals surface area contributed by atoms with E-state index < -0.39 is 0 Å². The minimum Gasteiger partial charge on any atom is -0.478 e. The van der Waals surface area contributed by atoms with Crippen LogP contribution in [0.4, 0.5) is 0 Å². The number of carbonyl (C=O) groups is 1. The summed E-state index contributed by atoms with van der Waals surface area (Å²) in [7, 11) is 0. The van der Waals surface area contributed by atoms with Crippen LogP contribution in [0.25, 0.3) is 0 Å². The number of aryl methyl sites for hydroxylation is 3. The Hall–Kier alpha value is -1.89. The van der Waals surface area contributed by atoms with E-state index in [0.717, 1.165) is 23.7 Å². The number of nitrogens with zero attached hydrogens (tertiary/aromatic N) is 3. The van der Waals surface area contributed by atoms with Gasteiger partial charge in [0.15, 0.2) is 5.69 Å². The van der Waals surface area contributed by atoms with Gasteiger partial charge in [0.2, 0.25) is 5.88 Å². The average Bonchev–Trinajstić information content (AvgIpc) is 3.00. The van der Waals surface area contributed by atoms with Gasteiger partial charge in [0.05, 0.1) is 18.8 Å².